The Morgan fingerprint density at radius 1 is 1.14 bits per heavy atom. The monoisotopic (exact) mass is 435 g/mol. The van der Waals surface area contributed by atoms with Crippen LogP contribution in [0.2, 0.25) is 0 Å². The SMILES string of the molecule is Br.Br.N=C(N)/C=C/c1ccc(OC(=O)CCCCCN)cc1. The number of esters is 1. The molecule has 124 valence electrons. The van der Waals surface area contributed by atoms with Crippen molar-refractivity contribution in [1.82, 2.24) is 0 Å². The summed E-state index contributed by atoms with van der Waals surface area (Å²) >= 11 is 0. The van der Waals surface area contributed by atoms with Gasteiger partial charge in [0.25, 0.3) is 0 Å². The number of carbonyl (C=O) groups excluding carboxylic acids is 1. The number of nitrogens with one attached hydrogen (secondary N) is 1. The number of nitrogens with two attached hydrogens (primary N) is 2. The first-order valence-corrected chi connectivity index (χ1v) is 6.64. The van der Waals surface area contributed by atoms with Crippen LogP contribution in [0, 0.1) is 5.41 Å². The third kappa shape index (κ3) is 10.5. The van der Waals surface area contributed by atoms with E-state index in [1.165, 1.54) is 6.08 Å². The lowest BCUT2D eigenvalue weighted by molar-refractivity contribution is -0.134. The molecule has 0 atom stereocenters. The van der Waals surface area contributed by atoms with Crippen molar-refractivity contribution in [3.05, 3.63) is 35.9 Å². The molecule has 1 rings (SSSR count). The van der Waals surface area contributed by atoms with E-state index in [2.05, 4.69) is 0 Å². The summed E-state index contributed by atoms with van der Waals surface area (Å²) in [6.45, 7) is 0.657. The predicted molar refractivity (Wildman–Crippen MR) is 101 cm³/mol. The summed E-state index contributed by atoms with van der Waals surface area (Å²) in [5.41, 5.74) is 11.5. The predicted octanol–water partition coefficient (Wildman–Crippen LogP) is 3.22. The number of amidine groups is 1. The van der Waals surface area contributed by atoms with Gasteiger partial charge in [0.15, 0.2) is 0 Å². The van der Waals surface area contributed by atoms with E-state index in [4.69, 9.17) is 21.6 Å². The number of ether oxygens (including phenoxy) is 1. The van der Waals surface area contributed by atoms with Crippen molar-refractivity contribution < 1.29 is 9.53 Å². The molecule has 1 aromatic carbocycles. The van der Waals surface area contributed by atoms with E-state index in [1.807, 2.05) is 0 Å². The van der Waals surface area contributed by atoms with Crippen LogP contribution in [0.1, 0.15) is 31.2 Å². The van der Waals surface area contributed by atoms with Crippen molar-refractivity contribution in [2.75, 3.05) is 6.54 Å². The topological polar surface area (TPSA) is 102 Å². The molecule has 0 aliphatic carbocycles. The molecule has 0 fully saturated rings. The summed E-state index contributed by atoms with van der Waals surface area (Å²) in [5, 5.41) is 7.09. The molecule has 0 amide bonds. The van der Waals surface area contributed by atoms with Gasteiger partial charge in [-0.15, -0.1) is 34.0 Å². The molecule has 0 heterocycles. The van der Waals surface area contributed by atoms with Gasteiger partial charge in [-0.25, -0.2) is 0 Å². The Morgan fingerprint density at radius 2 is 1.77 bits per heavy atom. The molecule has 0 aromatic heterocycles. The first-order chi connectivity index (χ1) is 9.61. The van der Waals surface area contributed by atoms with E-state index in [0.717, 1.165) is 24.8 Å². The number of unbranched alkanes of at least 4 members (excludes halogenated alkanes) is 2. The van der Waals surface area contributed by atoms with Crippen LogP contribution in [-0.2, 0) is 4.79 Å². The Balaban J connectivity index is 0. The normalized spacial score (nSPS) is 9.68. The van der Waals surface area contributed by atoms with Gasteiger partial charge in [0.1, 0.15) is 11.6 Å². The number of carbonyl (C=O) groups is 1. The Bertz CT molecular complexity index is 476. The molecule has 0 saturated heterocycles. The molecule has 5 N–H and O–H groups in total. The molecule has 0 bridgehead atoms. The van der Waals surface area contributed by atoms with Crippen molar-refractivity contribution in [2.45, 2.75) is 25.7 Å². The standard InChI is InChI=1S/C15H21N3O2.2BrH/c16-11-3-1-2-4-15(19)20-13-8-5-12(6-9-13)7-10-14(17)18;;/h5-10H,1-4,11,16H2,(H3,17,18);2*1H/b10-7+;;. The maximum absolute atomic E-state index is 11.6. The first kappa shape index (κ1) is 23.1. The van der Waals surface area contributed by atoms with E-state index < -0.39 is 0 Å². The molecule has 0 aliphatic heterocycles. The molecule has 22 heavy (non-hydrogen) atoms. The third-order valence-electron chi connectivity index (χ3n) is 2.65. The zero-order valence-corrected chi connectivity index (χ0v) is 15.7. The Kier molecular flexibility index (Phi) is 14.1. The molecule has 0 aliphatic rings. The molecular formula is C15H23Br2N3O2. The molecule has 0 unspecified atom stereocenters. The van der Waals surface area contributed by atoms with Crippen LogP contribution in [0.4, 0.5) is 0 Å². The third-order valence-corrected chi connectivity index (χ3v) is 2.65. The van der Waals surface area contributed by atoms with Gasteiger partial charge < -0.3 is 16.2 Å². The summed E-state index contributed by atoms with van der Waals surface area (Å²) < 4.78 is 5.21. The van der Waals surface area contributed by atoms with Crippen molar-refractivity contribution in [3.8, 4) is 5.75 Å². The largest absolute Gasteiger partial charge is 0.427 e. The van der Waals surface area contributed by atoms with Crippen molar-refractivity contribution >= 4 is 51.8 Å². The molecule has 0 spiro atoms. The van der Waals surface area contributed by atoms with E-state index >= 15 is 0 Å². The van der Waals surface area contributed by atoms with Gasteiger partial charge in [0.2, 0.25) is 0 Å². The Labute approximate surface area is 152 Å². The zero-order chi connectivity index (χ0) is 14.8. The number of halogens is 2. The minimum atomic E-state index is -0.228. The second-order valence-corrected chi connectivity index (χ2v) is 4.43. The molecule has 0 radical (unpaired) electrons. The summed E-state index contributed by atoms with van der Waals surface area (Å²) in [6.07, 6.45) is 6.31. The quantitative estimate of drug-likeness (QED) is 0.191. The van der Waals surface area contributed by atoms with Gasteiger partial charge in [-0.1, -0.05) is 24.6 Å². The molecule has 0 saturated carbocycles. The fourth-order valence-electron chi connectivity index (χ4n) is 1.61. The van der Waals surface area contributed by atoms with Gasteiger partial charge in [-0.2, -0.15) is 0 Å². The fraction of sp³-hybridized carbons (Fsp3) is 0.333. The highest BCUT2D eigenvalue weighted by atomic mass is 79.9. The number of benzene rings is 1. The lowest BCUT2D eigenvalue weighted by Crippen LogP contribution is -2.08. The van der Waals surface area contributed by atoms with Crippen LogP contribution in [-0.4, -0.2) is 18.3 Å². The second-order valence-electron chi connectivity index (χ2n) is 4.43. The van der Waals surface area contributed by atoms with Gasteiger partial charge in [0, 0.05) is 6.42 Å². The number of hydrogen-bond donors (Lipinski definition) is 3. The average Bonchev–Trinajstić information content (AvgIpc) is 2.43. The maximum Gasteiger partial charge on any atom is 0.311 e. The van der Waals surface area contributed by atoms with Crippen LogP contribution < -0.4 is 16.2 Å². The van der Waals surface area contributed by atoms with E-state index in [0.29, 0.717) is 18.7 Å². The van der Waals surface area contributed by atoms with Gasteiger partial charge in [0.05, 0.1) is 0 Å². The summed E-state index contributed by atoms with van der Waals surface area (Å²) in [6, 6.07) is 7.04. The van der Waals surface area contributed by atoms with E-state index in [-0.39, 0.29) is 45.8 Å². The van der Waals surface area contributed by atoms with Crippen LogP contribution >= 0.6 is 34.0 Å². The highest BCUT2D eigenvalue weighted by molar-refractivity contribution is 8.93. The first-order valence-electron chi connectivity index (χ1n) is 6.64. The summed E-state index contributed by atoms with van der Waals surface area (Å²) in [4.78, 5) is 11.6. The minimum Gasteiger partial charge on any atom is -0.427 e. The van der Waals surface area contributed by atoms with Crippen LogP contribution in [0.25, 0.3) is 6.08 Å². The molecular weight excluding hydrogens is 414 g/mol. The Hall–Kier alpha value is -1.18. The van der Waals surface area contributed by atoms with Crippen molar-refractivity contribution in [1.29, 1.82) is 5.41 Å². The zero-order valence-electron chi connectivity index (χ0n) is 12.3. The van der Waals surface area contributed by atoms with Gasteiger partial charge in [-0.3, -0.25) is 10.2 Å². The minimum absolute atomic E-state index is 0. The highest BCUT2D eigenvalue weighted by Gasteiger charge is 2.04. The smallest absolute Gasteiger partial charge is 0.311 e. The summed E-state index contributed by atoms with van der Waals surface area (Å²) in [5.74, 6) is 0.292. The van der Waals surface area contributed by atoms with Crippen molar-refractivity contribution in [2.24, 2.45) is 11.5 Å². The molecule has 1 aromatic rings. The fourth-order valence-corrected chi connectivity index (χ4v) is 1.61. The van der Waals surface area contributed by atoms with Crippen LogP contribution in [0.15, 0.2) is 30.3 Å². The lowest BCUT2D eigenvalue weighted by Gasteiger charge is -2.04. The highest BCUT2D eigenvalue weighted by Crippen LogP contribution is 2.14. The van der Waals surface area contributed by atoms with E-state index in [1.54, 1.807) is 30.3 Å². The van der Waals surface area contributed by atoms with E-state index in [9.17, 15) is 4.79 Å². The average molecular weight is 437 g/mol. The lowest BCUT2D eigenvalue weighted by atomic mass is 10.2. The number of hydrogen-bond acceptors (Lipinski definition) is 4. The van der Waals surface area contributed by atoms with Crippen molar-refractivity contribution in [3.63, 3.8) is 0 Å². The Morgan fingerprint density at radius 3 is 2.32 bits per heavy atom. The number of rotatable bonds is 8. The van der Waals surface area contributed by atoms with Crippen LogP contribution in [0.5, 0.6) is 5.75 Å². The molecule has 5 nitrogen and oxygen atoms in total. The van der Waals surface area contributed by atoms with Gasteiger partial charge >= 0.3 is 5.97 Å². The van der Waals surface area contributed by atoms with Gasteiger partial charge in [-0.05, 0) is 43.2 Å². The summed E-state index contributed by atoms with van der Waals surface area (Å²) in [7, 11) is 0. The second kappa shape index (κ2) is 13.5. The molecule has 7 heteroatoms. The maximum atomic E-state index is 11.6. The van der Waals surface area contributed by atoms with Crippen LogP contribution in [0.3, 0.4) is 0 Å².